The van der Waals surface area contributed by atoms with E-state index < -0.39 is 0 Å². The van der Waals surface area contributed by atoms with Crippen LogP contribution in [0.25, 0.3) is 0 Å². The quantitative estimate of drug-likeness (QED) is 0.892. The molecule has 16 heavy (non-hydrogen) atoms. The third-order valence-electron chi connectivity index (χ3n) is 3.10. The van der Waals surface area contributed by atoms with Crippen molar-refractivity contribution in [2.75, 3.05) is 18.1 Å². The summed E-state index contributed by atoms with van der Waals surface area (Å²) in [5.74, 6) is 3.17. The van der Waals surface area contributed by atoms with Crippen LogP contribution >= 0.6 is 23.4 Å². The molecular formula is C13H18ClNS. The van der Waals surface area contributed by atoms with E-state index in [2.05, 4.69) is 18.2 Å². The summed E-state index contributed by atoms with van der Waals surface area (Å²) in [6, 6.07) is 6.54. The van der Waals surface area contributed by atoms with Crippen LogP contribution in [0, 0.1) is 0 Å². The monoisotopic (exact) mass is 255 g/mol. The van der Waals surface area contributed by atoms with Gasteiger partial charge in [-0.1, -0.05) is 23.7 Å². The molecule has 0 amide bonds. The molecule has 1 unspecified atom stereocenters. The van der Waals surface area contributed by atoms with E-state index in [0.29, 0.717) is 5.92 Å². The highest BCUT2D eigenvalue weighted by molar-refractivity contribution is 7.99. The molecule has 0 aliphatic carbocycles. The molecule has 1 heterocycles. The Bertz CT molecular complexity index is 348. The number of hydrogen-bond acceptors (Lipinski definition) is 2. The van der Waals surface area contributed by atoms with Gasteiger partial charge in [-0.15, -0.1) is 0 Å². The summed E-state index contributed by atoms with van der Waals surface area (Å²) in [7, 11) is 0. The predicted molar refractivity (Wildman–Crippen MR) is 73.5 cm³/mol. The maximum Gasteiger partial charge on any atom is 0.0443 e. The first-order chi connectivity index (χ1) is 7.81. The SMILES string of the molecule is NCCCc1ccc(C2CCSC2)c(Cl)c1. The number of nitrogens with two attached hydrogens (primary N) is 1. The van der Waals surface area contributed by atoms with E-state index >= 15 is 0 Å². The average Bonchev–Trinajstić information content (AvgIpc) is 2.80. The predicted octanol–water partition coefficient (Wildman–Crippen LogP) is 3.45. The second-order valence-corrected chi connectivity index (χ2v) is 5.87. The Morgan fingerprint density at radius 1 is 1.44 bits per heavy atom. The van der Waals surface area contributed by atoms with Crippen LogP contribution < -0.4 is 5.73 Å². The minimum Gasteiger partial charge on any atom is -0.330 e. The lowest BCUT2D eigenvalue weighted by Crippen LogP contribution is -2.01. The van der Waals surface area contributed by atoms with Crippen LogP contribution in [0.15, 0.2) is 18.2 Å². The van der Waals surface area contributed by atoms with Gasteiger partial charge < -0.3 is 5.73 Å². The zero-order valence-electron chi connectivity index (χ0n) is 9.42. The van der Waals surface area contributed by atoms with E-state index in [1.807, 2.05) is 11.8 Å². The first-order valence-corrected chi connectivity index (χ1v) is 7.40. The molecule has 1 aliphatic rings. The van der Waals surface area contributed by atoms with Crippen molar-refractivity contribution in [1.29, 1.82) is 0 Å². The molecule has 1 aromatic carbocycles. The first kappa shape index (κ1) is 12.3. The van der Waals surface area contributed by atoms with Gasteiger partial charge in [-0.25, -0.2) is 0 Å². The maximum atomic E-state index is 6.35. The molecule has 1 saturated heterocycles. The summed E-state index contributed by atoms with van der Waals surface area (Å²) >= 11 is 8.38. The van der Waals surface area contributed by atoms with Crippen LogP contribution in [-0.2, 0) is 6.42 Å². The minimum atomic E-state index is 0.668. The van der Waals surface area contributed by atoms with Gasteiger partial charge in [0.2, 0.25) is 0 Å². The summed E-state index contributed by atoms with van der Waals surface area (Å²) in [6.07, 6.45) is 3.34. The third kappa shape index (κ3) is 2.93. The lowest BCUT2D eigenvalue weighted by molar-refractivity contribution is 0.779. The molecule has 0 bridgehead atoms. The summed E-state index contributed by atoms with van der Waals surface area (Å²) in [4.78, 5) is 0. The minimum absolute atomic E-state index is 0.668. The van der Waals surface area contributed by atoms with Crippen molar-refractivity contribution < 1.29 is 0 Å². The Morgan fingerprint density at radius 3 is 2.94 bits per heavy atom. The fourth-order valence-electron chi connectivity index (χ4n) is 2.14. The fraction of sp³-hybridized carbons (Fsp3) is 0.538. The average molecular weight is 256 g/mol. The van der Waals surface area contributed by atoms with Crippen LogP contribution in [0.3, 0.4) is 0 Å². The van der Waals surface area contributed by atoms with E-state index in [-0.39, 0.29) is 0 Å². The molecule has 0 saturated carbocycles. The smallest absolute Gasteiger partial charge is 0.0443 e. The molecule has 0 aromatic heterocycles. The van der Waals surface area contributed by atoms with E-state index in [9.17, 15) is 0 Å². The normalized spacial score (nSPS) is 20.2. The highest BCUT2D eigenvalue weighted by Crippen LogP contribution is 2.36. The third-order valence-corrected chi connectivity index (χ3v) is 4.59. The molecule has 3 heteroatoms. The topological polar surface area (TPSA) is 26.0 Å². The van der Waals surface area contributed by atoms with Gasteiger partial charge in [-0.2, -0.15) is 11.8 Å². The van der Waals surface area contributed by atoms with Crippen LogP contribution in [0.4, 0.5) is 0 Å². The van der Waals surface area contributed by atoms with E-state index in [0.717, 1.165) is 24.4 Å². The lowest BCUT2D eigenvalue weighted by Gasteiger charge is -2.12. The van der Waals surface area contributed by atoms with Crippen molar-refractivity contribution in [3.63, 3.8) is 0 Å². The van der Waals surface area contributed by atoms with Crippen molar-refractivity contribution in [2.24, 2.45) is 5.73 Å². The van der Waals surface area contributed by atoms with Crippen molar-refractivity contribution in [1.82, 2.24) is 0 Å². The largest absolute Gasteiger partial charge is 0.330 e. The molecule has 0 radical (unpaired) electrons. The maximum absolute atomic E-state index is 6.35. The Hall–Kier alpha value is -0.180. The Balaban J connectivity index is 2.09. The van der Waals surface area contributed by atoms with Gasteiger partial charge in [-0.05, 0) is 54.7 Å². The molecular weight excluding hydrogens is 238 g/mol. The van der Waals surface area contributed by atoms with Crippen molar-refractivity contribution in [2.45, 2.75) is 25.2 Å². The summed E-state index contributed by atoms with van der Waals surface area (Å²) < 4.78 is 0. The molecule has 88 valence electrons. The van der Waals surface area contributed by atoms with E-state index in [1.54, 1.807) is 0 Å². The molecule has 1 aromatic rings. The van der Waals surface area contributed by atoms with Gasteiger partial charge in [0, 0.05) is 10.8 Å². The second kappa shape index (κ2) is 5.95. The number of rotatable bonds is 4. The zero-order chi connectivity index (χ0) is 11.4. The van der Waals surface area contributed by atoms with Gasteiger partial charge in [0.05, 0.1) is 0 Å². The summed E-state index contributed by atoms with van der Waals surface area (Å²) in [6.45, 7) is 0.749. The molecule has 1 nitrogen and oxygen atoms in total. The highest BCUT2D eigenvalue weighted by Gasteiger charge is 2.19. The van der Waals surface area contributed by atoms with E-state index in [1.165, 1.54) is 29.1 Å². The summed E-state index contributed by atoms with van der Waals surface area (Å²) in [5, 5.41) is 0.946. The van der Waals surface area contributed by atoms with Gasteiger partial charge in [-0.3, -0.25) is 0 Å². The molecule has 2 rings (SSSR count). The summed E-state index contributed by atoms with van der Waals surface area (Å²) in [5.41, 5.74) is 8.15. The van der Waals surface area contributed by atoms with E-state index in [4.69, 9.17) is 17.3 Å². The fourth-order valence-corrected chi connectivity index (χ4v) is 3.75. The van der Waals surface area contributed by atoms with Crippen molar-refractivity contribution in [3.8, 4) is 0 Å². The van der Waals surface area contributed by atoms with Gasteiger partial charge in [0.15, 0.2) is 0 Å². The molecule has 1 atom stereocenters. The van der Waals surface area contributed by atoms with Crippen molar-refractivity contribution >= 4 is 23.4 Å². The molecule has 1 fully saturated rings. The second-order valence-electron chi connectivity index (χ2n) is 4.31. The van der Waals surface area contributed by atoms with Crippen LogP contribution in [0.1, 0.15) is 29.9 Å². The van der Waals surface area contributed by atoms with Crippen molar-refractivity contribution in [3.05, 3.63) is 34.3 Å². The standard InChI is InChI=1S/C13H18ClNS/c14-13-8-10(2-1-6-15)3-4-12(13)11-5-7-16-9-11/h3-4,8,11H,1-2,5-7,9,15H2. The Morgan fingerprint density at radius 2 is 2.31 bits per heavy atom. The molecule has 1 aliphatic heterocycles. The Kier molecular flexibility index (Phi) is 4.56. The molecule has 2 N–H and O–H groups in total. The Labute approximate surface area is 107 Å². The molecule has 0 spiro atoms. The number of hydrogen-bond donors (Lipinski definition) is 1. The van der Waals surface area contributed by atoms with Gasteiger partial charge >= 0.3 is 0 Å². The highest BCUT2D eigenvalue weighted by atomic mass is 35.5. The van der Waals surface area contributed by atoms with Crippen LogP contribution in [0.2, 0.25) is 5.02 Å². The lowest BCUT2D eigenvalue weighted by atomic mass is 9.96. The first-order valence-electron chi connectivity index (χ1n) is 5.87. The number of thioether (sulfide) groups is 1. The zero-order valence-corrected chi connectivity index (χ0v) is 11.0. The van der Waals surface area contributed by atoms with Gasteiger partial charge in [0.1, 0.15) is 0 Å². The van der Waals surface area contributed by atoms with Crippen LogP contribution in [-0.4, -0.2) is 18.1 Å². The van der Waals surface area contributed by atoms with Crippen LogP contribution in [0.5, 0.6) is 0 Å². The number of halogens is 1. The number of aryl methyl sites for hydroxylation is 1. The van der Waals surface area contributed by atoms with Gasteiger partial charge in [0.25, 0.3) is 0 Å². The number of benzene rings is 1.